The molecule has 3 aromatic rings. The van der Waals surface area contributed by atoms with E-state index in [0.717, 1.165) is 0 Å². The Bertz CT molecular complexity index is 1100. The Hall–Kier alpha value is -2.22. The summed E-state index contributed by atoms with van der Waals surface area (Å²) in [7, 11) is -3.83. The predicted molar refractivity (Wildman–Crippen MR) is 102 cm³/mol. The van der Waals surface area contributed by atoms with E-state index in [1.807, 2.05) is 4.90 Å². The molecule has 2 aromatic carbocycles. The molecule has 0 atom stereocenters. The Kier molecular flexibility index (Phi) is 4.75. The fourth-order valence-corrected chi connectivity index (χ4v) is 4.74. The number of sulfone groups is 1. The third-order valence-electron chi connectivity index (χ3n) is 4.51. The second-order valence-corrected chi connectivity index (χ2v) is 8.54. The molecule has 1 saturated heterocycles. The largest absolute Gasteiger partial charge is 0.378 e. The lowest BCUT2D eigenvalue weighted by Crippen LogP contribution is -2.37. The topological polar surface area (TPSA) is 59.5 Å². The third kappa shape index (κ3) is 3.38. The van der Waals surface area contributed by atoms with E-state index in [9.17, 15) is 12.8 Å². The highest BCUT2D eigenvalue weighted by Gasteiger charge is 2.27. The minimum absolute atomic E-state index is 0.0887. The maximum atomic E-state index is 13.6. The summed E-state index contributed by atoms with van der Waals surface area (Å²) in [6.45, 7) is 2.07. The molecule has 2 heterocycles. The highest BCUT2D eigenvalue weighted by molar-refractivity contribution is 7.91. The molecule has 0 saturated carbocycles. The first-order valence-corrected chi connectivity index (χ1v) is 10.2. The van der Waals surface area contributed by atoms with Gasteiger partial charge in [0.2, 0.25) is 9.84 Å². The van der Waals surface area contributed by atoms with E-state index in [2.05, 4.69) is 4.98 Å². The van der Waals surface area contributed by atoms with Crippen LogP contribution >= 0.6 is 11.6 Å². The van der Waals surface area contributed by atoms with Crippen molar-refractivity contribution < 1.29 is 17.5 Å². The van der Waals surface area contributed by atoms with E-state index in [0.29, 0.717) is 47.9 Å². The number of rotatable bonds is 3. The van der Waals surface area contributed by atoms with E-state index < -0.39 is 15.7 Å². The van der Waals surface area contributed by atoms with Gasteiger partial charge in [0.15, 0.2) is 0 Å². The summed E-state index contributed by atoms with van der Waals surface area (Å²) in [4.78, 5) is 6.37. The summed E-state index contributed by atoms with van der Waals surface area (Å²) in [6.07, 6.45) is 1.30. The minimum Gasteiger partial charge on any atom is -0.378 e. The SMILES string of the molecule is O=S(=O)(c1ccc(Cl)cc1)c1cnc2cc(F)ccc2c1N1CCOCC1. The Morgan fingerprint density at radius 2 is 1.78 bits per heavy atom. The molecule has 1 aliphatic heterocycles. The number of aromatic nitrogens is 1. The molecule has 27 heavy (non-hydrogen) atoms. The highest BCUT2D eigenvalue weighted by atomic mass is 35.5. The average molecular weight is 407 g/mol. The fourth-order valence-electron chi connectivity index (χ4n) is 3.18. The van der Waals surface area contributed by atoms with Gasteiger partial charge >= 0.3 is 0 Å². The fraction of sp³-hybridized carbons (Fsp3) is 0.211. The summed E-state index contributed by atoms with van der Waals surface area (Å²) >= 11 is 5.89. The summed E-state index contributed by atoms with van der Waals surface area (Å²) in [5.74, 6) is -0.420. The van der Waals surface area contributed by atoms with Gasteiger partial charge in [0.1, 0.15) is 10.7 Å². The normalized spacial score (nSPS) is 15.3. The molecule has 4 rings (SSSR count). The molecular formula is C19H16ClFN2O3S. The van der Waals surface area contributed by atoms with Crippen molar-refractivity contribution in [2.24, 2.45) is 0 Å². The maximum absolute atomic E-state index is 13.6. The smallest absolute Gasteiger partial charge is 0.210 e. The monoisotopic (exact) mass is 406 g/mol. The van der Waals surface area contributed by atoms with Gasteiger partial charge in [-0.3, -0.25) is 4.98 Å². The zero-order valence-corrected chi connectivity index (χ0v) is 15.8. The number of anilines is 1. The lowest BCUT2D eigenvalue weighted by molar-refractivity contribution is 0.122. The van der Waals surface area contributed by atoms with Gasteiger partial charge in [0.25, 0.3) is 0 Å². The van der Waals surface area contributed by atoms with Crippen LogP contribution in [0.5, 0.6) is 0 Å². The number of morpholine rings is 1. The van der Waals surface area contributed by atoms with E-state index >= 15 is 0 Å². The molecule has 0 bridgehead atoms. The number of benzene rings is 2. The molecular weight excluding hydrogens is 391 g/mol. The number of fused-ring (bicyclic) bond motifs is 1. The number of pyridine rings is 1. The standard InChI is InChI=1S/C19H16ClFN2O3S/c20-13-1-4-15(5-2-13)27(24,25)18-12-22-17-11-14(21)3-6-16(17)19(18)23-7-9-26-10-8-23/h1-6,11-12H,7-10H2. The van der Waals surface area contributed by atoms with Crippen molar-refractivity contribution in [2.45, 2.75) is 9.79 Å². The molecule has 0 N–H and O–H groups in total. The molecule has 0 aliphatic carbocycles. The molecule has 8 heteroatoms. The van der Waals surface area contributed by atoms with Crippen molar-refractivity contribution in [3.05, 3.63) is 59.5 Å². The Morgan fingerprint density at radius 1 is 1.07 bits per heavy atom. The predicted octanol–water partition coefficient (Wildman–Crippen LogP) is 3.70. The second-order valence-electron chi connectivity index (χ2n) is 6.19. The highest BCUT2D eigenvalue weighted by Crippen LogP contribution is 2.36. The van der Waals surface area contributed by atoms with Crippen LogP contribution in [-0.2, 0) is 14.6 Å². The zero-order chi connectivity index (χ0) is 19.0. The van der Waals surface area contributed by atoms with E-state index in [1.165, 1.54) is 42.6 Å². The van der Waals surface area contributed by atoms with Crippen LogP contribution in [0.15, 0.2) is 58.5 Å². The van der Waals surface area contributed by atoms with Crippen molar-refractivity contribution in [2.75, 3.05) is 31.2 Å². The first-order chi connectivity index (χ1) is 13.0. The molecule has 0 unspecified atom stereocenters. The van der Waals surface area contributed by atoms with Crippen molar-refractivity contribution in [3.63, 3.8) is 0 Å². The number of hydrogen-bond donors (Lipinski definition) is 0. The number of nitrogens with zero attached hydrogens (tertiary/aromatic N) is 2. The van der Waals surface area contributed by atoms with Crippen LogP contribution in [0.2, 0.25) is 5.02 Å². The van der Waals surface area contributed by atoms with Crippen molar-refractivity contribution in [3.8, 4) is 0 Å². The zero-order valence-electron chi connectivity index (χ0n) is 14.2. The first kappa shape index (κ1) is 18.2. The summed E-state index contributed by atoms with van der Waals surface area (Å²) in [5.41, 5.74) is 0.935. The average Bonchev–Trinajstić information content (AvgIpc) is 2.68. The van der Waals surface area contributed by atoms with Gasteiger partial charge in [0, 0.05) is 35.8 Å². The molecule has 1 fully saturated rings. The van der Waals surface area contributed by atoms with Crippen LogP contribution in [0.3, 0.4) is 0 Å². The van der Waals surface area contributed by atoms with Gasteiger partial charge in [-0.05, 0) is 36.4 Å². The van der Waals surface area contributed by atoms with Gasteiger partial charge in [-0.2, -0.15) is 0 Å². The second kappa shape index (κ2) is 7.07. The van der Waals surface area contributed by atoms with E-state index in [4.69, 9.17) is 16.3 Å². The third-order valence-corrected chi connectivity index (χ3v) is 6.53. The van der Waals surface area contributed by atoms with Crippen LogP contribution in [-0.4, -0.2) is 39.7 Å². The van der Waals surface area contributed by atoms with Gasteiger partial charge in [-0.25, -0.2) is 12.8 Å². The van der Waals surface area contributed by atoms with Crippen LogP contribution < -0.4 is 4.90 Å². The van der Waals surface area contributed by atoms with Gasteiger partial charge in [-0.15, -0.1) is 0 Å². The summed E-state index contributed by atoms with van der Waals surface area (Å²) in [6, 6.07) is 10.2. The molecule has 5 nitrogen and oxygen atoms in total. The maximum Gasteiger partial charge on any atom is 0.210 e. The molecule has 1 aromatic heterocycles. The van der Waals surface area contributed by atoms with Crippen molar-refractivity contribution in [1.29, 1.82) is 0 Å². The lowest BCUT2D eigenvalue weighted by atomic mass is 10.1. The quantitative estimate of drug-likeness (QED) is 0.663. The first-order valence-electron chi connectivity index (χ1n) is 8.38. The number of halogens is 2. The Balaban J connectivity index is 1.96. The molecule has 0 radical (unpaired) electrons. The van der Waals surface area contributed by atoms with Crippen LogP contribution in [0.4, 0.5) is 10.1 Å². The summed E-state index contributed by atoms with van der Waals surface area (Å²) in [5, 5.41) is 1.04. The molecule has 0 amide bonds. The van der Waals surface area contributed by atoms with Gasteiger partial charge < -0.3 is 9.64 Å². The minimum atomic E-state index is -3.83. The van der Waals surface area contributed by atoms with Crippen molar-refractivity contribution in [1.82, 2.24) is 4.98 Å². The Labute approximate surface area is 161 Å². The lowest BCUT2D eigenvalue weighted by Gasteiger charge is -2.31. The van der Waals surface area contributed by atoms with Gasteiger partial charge in [-0.1, -0.05) is 11.6 Å². The molecule has 140 valence electrons. The van der Waals surface area contributed by atoms with Crippen LogP contribution in [0.25, 0.3) is 10.9 Å². The Morgan fingerprint density at radius 3 is 2.48 bits per heavy atom. The van der Waals surface area contributed by atoms with E-state index in [-0.39, 0.29) is 9.79 Å². The van der Waals surface area contributed by atoms with E-state index in [1.54, 1.807) is 6.07 Å². The molecule has 0 spiro atoms. The molecule has 1 aliphatic rings. The summed E-state index contributed by atoms with van der Waals surface area (Å²) < 4.78 is 45.6. The van der Waals surface area contributed by atoms with Crippen LogP contribution in [0.1, 0.15) is 0 Å². The number of ether oxygens (including phenoxy) is 1. The van der Waals surface area contributed by atoms with Crippen LogP contribution in [0, 0.1) is 5.82 Å². The van der Waals surface area contributed by atoms with Gasteiger partial charge in [0.05, 0.1) is 29.3 Å². The number of hydrogen-bond acceptors (Lipinski definition) is 5. The van der Waals surface area contributed by atoms with Crippen molar-refractivity contribution >= 4 is 38.0 Å².